The summed E-state index contributed by atoms with van der Waals surface area (Å²) in [5.74, 6) is 0. The van der Waals surface area contributed by atoms with Crippen LogP contribution in [0, 0.1) is 22.7 Å². The van der Waals surface area contributed by atoms with Gasteiger partial charge in [0.1, 0.15) is 0 Å². The summed E-state index contributed by atoms with van der Waals surface area (Å²) < 4.78 is 0. The number of hydrogen-bond donors (Lipinski definition) is 0. The van der Waals surface area contributed by atoms with Gasteiger partial charge in [-0.3, -0.25) is 0 Å². The lowest BCUT2D eigenvalue weighted by atomic mass is 9.82. The summed E-state index contributed by atoms with van der Waals surface area (Å²) in [6.07, 6.45) is 0. The van der Waals surface area contributed by atoms with Crippen molar-refractivity contribution in [3.8, 4) is 12.1 Å². The number of nitriles is 2. The Morgan fingerprint density at radius 1 is 0.714 bits per heavy atom. The van der Waals surface area contributed by atoms with Crippen LogP contribution in [0.1, 0.15) is 49.9 Å². The molecular weight excluding hydrogens is 348 g/mol. The van der Waals surface area contributed by atoms with Crippen molar-refractivity contribution in [1.82, 2.24) is 9.80 Å². The van der Waals surface area contributed by atoms with Gasteiger partial charge >= 0.3 is 6.03 Å². The standard InChI is InChI=1S/C23H24N4O/c1-22(2)23(3,4)27(16-20-11-7-18(14-25)8-12-20)21(28)26(22)15-19-9-5-17(13-24)6-10-19/h5-12H,15-16H2,1-4H3. The molecule has 5 heteroatoms. The molecule has 2 aromatic rings. The SMILES string of the molecule is CC1(C)N(Cc2ccc(C#N)cc2)C(=O)N(Cc2ccc(C#N)cc2)C1(C)C. The fraction of sp³-hybridized carbons (Fsp3) is 0.348. The zero-order valence-corrected chi connectivity index (χ0v) is 16.7. The summed E-state index contributed by atoms with van der Waals surface area (Å²) in [6, 6.07) is 19.0. The Labute approximate surface area is 166 Å². The van der Waals surface area contributed by atoms with Crippen molar-refractivity contribution in [2.75, 3.05) is 0 Å². The second kappa shape index (κ2) is 7.02. The van der Waals surface area contributed by atoms with Crippen molar-refractivity contribution in [2.24, 2.45) is 0 Å². The van der Waals surface area contributed by atoms with E-state index in [4.69, 9.17) is 10.5 Å². The van der Waals surface area contributed by atoms with E-state index in [0.29, 0.717) is 24.2 Å². The van der Waals surface area contributed by atoms with Crippen LogP contribution in [0.5, 0.6) is 0 Å². The van der Waals surface area contributed by atoms with Crippen molar-refractivity contribution in [3.05, 3.63) is 70.8 Å². The molecule has 0 aliphatic carbocycles. The van der Waals surface area contributed by atoms with Crippen LogP contribution in [0.4, 0.5) is 4.79 Å². The van der Waals surface area contributed by atoms with E-state index in [1.54, 1.807) is 24.3 Å². The molecule has 0 saturated carbocycles. The van der Waals surface area contributed by atoms with E-state index >= 15 is 0 Å². The highest BCUT2D eigenvalue weighted by molar-refractivity contribution is 5.80. The Bertz CT molecular complexity index is 880. The maximum absolute atomic E-state index is 13.3. The Morgan fingerprint density at radius 2 is 1.04 bits per heavy atom. The van der Waals surface area contributed by atoms with Crippen molar-refractivity contribution < 1.29 is 4.79 Å². The number of carbonyl (C=O) groups is 1. The molecule has 0 N–H and O–H groups in total. The van der Waals surface area contributed by atoms with Crippen molar-refractivity contribution in [2.45, 2.75) is 51.9 Å². The maximum Gasteiger partial charge on any atom is 0.321 e. The number of carbonyl (C=O) groups excluding carboxylic acids is 1. The number of nitrogens with zero attached hydrogens (tertiary/aromatic N) is 4. The molecule has 0 radical (unpaired) electrons. The minimum absolute atomic E-state index is 0.0104. The predicted molar refractivity (Wildman–Crippen MR) is 107 cm³/mol. The third kappa shape index (κ3) is 3.21. The Morgan fingerprint density at radius 3 is 1.32 bits per heavy atom. The van der Waals surface area contributed by atoms with Crippen molar-refractivity contribution in [3.63, 3.8) is 0 Å². The van der Waals surface area contributed by atoms with Crippen LogP contribution in [-0.2, 0) is 13.1 Å². The van der Waals surface area contributed by atoms with E-state index in [0.717, 1.165) is 11.1 Å². The fourth-order valence-electron chi connectivity index (χ4n) is 3.55. The lowest BCUT2D eigenvalue weighted by molar-refractivity contribution is 0.101. The third-order valence-electron chi connectivity index (χ3n) is 6.16. The van der Waals surface area contributed by atoms with Crippen LogP contribution in [0.2, 0.25) is 0 Å². The molecular formula is C23H24N4O. The normalized spacial score (nSPS) is 17.3. The van der Waals surface area contributed by atoms with E-state index in [1.807, 2.05) is 34.1 Å². The second-order valence-electron chi connectivity index (χ2n) is 8.19. The average molecular weight is 372 g/mol. The first kappa shape index (κ1) is 19.5. The number of rotatable bonds is 4. The average Bonchev–Trinajstić information content (AvgIpc) is 2.81. The van der Waals surface area contributed by atoms with E-state index < -0.39 is 0 Å². The molecule has 0 unspecified atom stereocenters. The van der Waals surface area contributed by atoms with Gasteiger partial charge in [0.05, 0.1) is 34.3 Å². The van der Waals surface area contributed by atoms with Gasteiger partial charge in [-0.25, -0.2) is 4.79 Å². The van der Waals surface area contributed by atoms with Gasteiger partial charge in [0.15, 0.2) is 0 Å². The van der Waals surface area contributed by atoms with E-state index in [9.17, 15) is 4.79 Å². The largest absolute Gasteiger partial charge is 0.321 e. The molecule has 0 atom stereocenters. The van der Waals surface area contributed by atoms with E-state index in [-0.39, 0.29) is 17.1 Å². The Balaban J connectivity index is 1.87. The summed E-state index contributed by atoms with van der Waals surface area (Å²) >= 11 is 0. The molecule has 3 rings (SSSR count). The summed E-state index contributed by atoms with van der Waals surface area (Å²) in [4.78, 5) is 17.1. The van der Waals surface area contributed by atoms with Gasteiger partial charge in [0, 0.05) is 13.1 Å². The van der Waals surface area contributed by atoms with Gasteiger partial charge in [-0.15, -0.1) is 0 Å². The predicted octanol–water partition coefficient (Wildman–Crippen LogP) is 4.42. The van der Waals surface area contributed by atoms with Gasteiger partial charge in [-0.1, -0.05) is 24.3 Å². The number of urea groups is 1. The quantitative estimate of drug-likeness (QED) is 0.797. The summed E-state index contributed by atoms with van der Waals surface area (Å²) in [6.45, 7) is 9.34. The Hall–Kier alpha value is -3.31. The molecule has 5 nitrogen and oxygen atoms in total. The molecule has 2 amide bonds. The van der Waals surface area contributed by atoms with E-state index in [2.05, 4.69) is 39.8 Å². The molecule has 2 aromatic carbocycles. The van der Waals surface area contributed by atoms with E-state index in [1.165, 1.54) is 0 Å². The van der Waals surface area contributed by atoms with Crippen LogP contribution in [0.15, 0.2) is 48.5 Å². The zero-order chi connectivity index (χ0) is 20.5. The molecule has 1 fully saturated rings. The highest BCUT2D eigenvalue weighted by atomic mass is 16.2. The number of amides is 2. The van der Waals surface area contributed by atoms with Crippen molar-refractivity contribution in [1.29, 1.82) is 10.5 Å². The van der Waals surface area contributed by atoms with Crippen LogP contribution in [0.25, 0.3) is 0 Å². The highest BCUT2D eigenvalue weighted by Crippen LogP contribution is 2.42. The minimum atomic E-state index is -0.384. The van der Waals surface area contributed by atoms with Gasteiger partial charge in [0.25, 0.3) is 0 Å². The minimum Gasteiger partial charge on any atom is -0.313 e. The second-order valence-corrected chi connectivity index (χ2v) is 8.19. The molecule has 1 aliphatic rings. The van der Waals surface area contributed by atoms with Gasteiger partial charge < -0.3 is 9.80 Å². The first-order valence-corrected chi connectivity index (χ1v) is 9.28. The van der Waals surface area contributed by atoms with Gasteiger partial charge in [0.2, 0.25) is 0 Å². The lowest BCUT2D eigenvalue weighted by Gasteiger charge is -2.41. The molecule has 28 heavy (non-hydrogen) atoms. The smallest absolute Gasteiger partial charge is 0.313 e. The molecule has 1 aliphatic heterocycles. The topological polar surface area (TPSA) is 71.1 Å². The first-order valence-electron chi connectivity index (χ1n) is 9.28. The van der Waals surface area contributed by atoms with Crippen LogP contribution in [-0.4, -0.2) is 26.9 Å². The molecule has 142 valence electrons. The fourth-order valence-corrected chi connectivity index (χ4v) is 3.55. The van der Waals surface area contributed by atoms with Crippen LogP contribution < -0.4 is 0 Å². The van der Waals surface area contributed by atoms with Crippen LogP contribution >= 0.6 is 0 Å². The number of hydrogen-bond acceptors (Lipinski definition) is 3. The van der Waals surface area contributed by atoms with Gasteiger partial charge in [-0.2, -0.15) is 10.5 Å². The summed E-state index contributed by atoms with van der Waals surface area (Å²) in [7, 11) is 0. The number of benzene rings is 2. The zero-order valence-electron chi connectivity index (χ0n) is 16.7. The molecule has 0 bridgehead atoms. The monoisotopic (exact) mass is 372 g/mol. The molecule has 0 aromatic heterocycles. The van der Waals surface area contributed by atoms with Crippen LogP contribution in [0.3, 0.4) is 0 Å². The first-order chi connectivity index (χ1) is 13.2. The lowest BCUT2D eigenvalue weighted by Crippen LogP contribution is -2.53. The molecule has 0 spiro atoms. The Kier molecular flexibility index (Phi) is 4.87. The summed E-state index contributed by atoms with van der Waals surface area (Å²) in [5.41, 5.74) is 2.44. The summed E-state index contributed by atoms with van der Waals surface area (Å²) in [5, 5.41) is 18.0. The molecule has 1 heterocycles. The third-order valence-corrected chi connectivity index (χ3v) is 6.16. The highest BCUT2D eigenvalue weighted by Gasteiger charge is 2.56. The van der Waals surface area contributed by atoms with Gasteiger partial charge in [-0.05, 0) is 63.1 Å². The van der Waals surface area contributed by atoms with Crippen molar-refractivity contribution >= 4 is 6.03 Å². The molecule has 1 saturated heterocycles. The maximum atomic E-state index is 13.3.